The standard InChI is InChI=1S/C24H19Cl2N3O6/c1-33-17-5-3-4-16(12-17)28-22(30)23(31)29-27-13-14-6-9-20(21(10-14)34-2)35-24(32)18-8-7-15(25)11-19(18)26/h3-13H,1-2H3,(H,28,30)(H,29,31). The summed E-state index contributed by atoms with van der Waals surface area (Å²) < 4.78 is 15.7. The molecule has 0 heterocycles. The fourth-order valence-corrected chi connectivity index (χ4v) is 3.25. The molecule has 11 heteroatoms. The van der Waals surface area contributed by atoms with Gasteiger partial charge in [0, 0.05) is 16.8 Å². The van der Waals surface area contributed by atoms with Crippen LogP contribution in [0.2, 0.25) is 10.0 Å². The first-order valence-electron chi connectivity index (χ1n) is 9.94. The summed E-state index contributed by atoms with van der Waals surface area (Å²) in [5.41, 5.74) is 3.16. The van der Waals surface area contributed by atoms with Crippen LogP contribution in [-0.2, 0) is 9.59 Å². The minimum absolute atomic E-state index is 0.138. The average molecular weight is 516 g/mol. The molecule has 2 N–H and O–H groups in total. The summed E-state index contributed by atoms with van der Waals surface area (Å²) in [6.45, 7) is 0. The molecule has 9 nitrogen and oxygen atoms in total. The third-order valence-corrected chi connectivity index (χ3v) is 5.00. The van der Waals surface area contributed by atoms with Crippen molar-refractivity contribution in [2.75, 3.05) is 19.5 Å². The number of amides is 2. The van der Waals surface area contributed by atoms with Gasteiger partial charge in [0.25, 0.3) is 0 Å². The molecule has 0 aliphatic heterocycles. The Morgan fingerprint density at radius 3 is 2.40 bits per heavy atom. The van der Waals surface area contributed by atoms with Crippen molar-refractivity contribution in [2.24, 2.45) is 5.10 Å². The molecule has 0 aromatic heterocycles. The molecular weight excluding hydrogens is 497 g/mol. The number of carbonyl (C=O) groups excluding carboxylic acids is 3. The van der Waals surface area contributed by atoms with Crippen LogP contribution < -0.4 is 25.0 Å². The lowest BCUT2D eigenvalue weighted by atomic mass is 10.2. The minimum Gasteiger partial charge on any atom is -0.497 e. The number of esters is 1. The predicted octanol–water partition coefficient (Wildman–Crippen LogP) is 4.32. The number of methoxy groups -OCH3 is 2. The molecule has 0 aliphatic carbocycles. The van der Waals surface area contributed by atoms with E-state index in [-0.39, 0.29) is 22.1 Å². The van der Waals surface area contributed by atoms with Gasteiger partial charge in [-0.15, -0.1) is 0 Å². The number of anilines is 1. The highest BCUT2D eigenvalue weighted by Crippen LogP contribution is 2.30. The molecule has 0 unspecified atom stereocenters. The Morgan fingerprint density at radius 1 is 0.886 bits per heavy atom. The number of carbonyl (C=O) groups is 3. The van der Waals surface area contributed by atoms with Crippen LogP contribution in [0.25, 0.3) is 0 Å². The molecule has 3 aromatic carbocycles. The maximum atomic E-state index is 12.5. The first-order chi connectivity index (χ1) is 16.8. The summed E-state index contributed by atoms with van der Waals surface area (Å²) >= 11 is 11.9. The molecule has 3 rings (SSSR count). The van der Waals surface area contributed by atoms with Gasteiger partial charge in [-0.05, 0) is 54.1 Å². The van der Waals surface area contributed by atoms with E-state index in [1.165, 1.54) is 50.8 Å². The Bertz CT molecular complexity index is 1300. The number of nitrogens with zero attached hydrogens (tertiary/aromatic N) is 1. The predicted molar refractivity (Wildman–Crippen MR) is 132 cm³/mol. The van der Waals surface area contributed by atoms with Crippen molar-refractivity contribution in [1.82, 2.24) is 5.43 Å². The van der Waals surface area contributed by atoms with E-state index in [1.54, 1.807) is 30.3 Å². The van der Waals surface area contributed by atoms with Crippen molar-refractivity contribution in [2.45, 2.75) is 0 Å². The molecule has 0 fully saturated rings. The molecule has 0 atom stereocenters. The highest BCUT2D eigenvalue weighted by atomic mass is 35.5. The topological polar surface area (TPSA) is 115 Å². The average Bonchev–Trinajstić information content (AvgIpc) is 2.84. The molecule has 0 saturated heterocycles. The quantitative estimate of drug-likeness (QED) is 0.159. The summed E-state index contributed by atoms with van der Waals surface area (Å²) in [6.07, 6.45) is 1.29. The van der Waals surface area contributed by atoms with Gasteiger partial charge in [0.15, 0.2) is 11.5 Å². The number of hydrogen-bond donors (Lipinski definition) is 2. The number of rotatable bonds is 7. The van der Waals surface area contributed by atoms with Gasteiger partial charge in [-0.25, -0.2) is 10.2 Å². The second kappa shape index (κ2) is 11.9. The highest BCUT2D eigenvalue weighted by molar-refractivity contribution is 6.39. The summed E-state index contributed by atoms with van der Waals surface area (Å²) in [5.74, 6) is -1.67. The first-order valence-corrected chi connectivity index (χ1v) is 10.7. The van der Waals surface area contributed by atoms with Gasteiger partial charge in [0.2, 0.25) is 0 Å². The summed E-state index contributed by atoms with van der Waals surface area (Å²) in [7, 11) is 2.89. The number of hydrogen-bond acceptors (Lipinski definition) is 7. The molecule has 180 valence electrons. The molecule has 0 saturated carbocycles. The van der Waals surface area contributed by atoms with E-state index >= 15 is 0 Å². The van der Waals surface area contributed by atoms with E-state index in [0.717, 1.165) is 0 Å². The normalized spacial score (nSPS) is 10.5. The molecule has 0 radical (unpaired) electrons. The number of hydrazone groups is 1. The van der Waals surface area contributed by atoms with E-state index in [0.29, 0.717) is 22.0 Å². The van der Waals surface area contributed by atoms with Crippen LogP contribution in [-0.4, -0.2) is 38.2 Å². The largest absolute Gasteiger partial charge is 0.497 e. The smallest absolute Gasteiger partial charge is 0.345 e. The van der Waals surface area contributed by atoms with E-state index in [1.807, 2.05) is 0 Å². The molecule has 2 amide bonds. The van der Waals surface area contributed by atoms with E-state index in [4.69, 9.17) is 37.4 Å². The van der Waals surface area contributed by atoms with Crippen molar-refractivity contribution in [1.29, 1.82) is 0 Å². The maximum absolute atomic E-state index is 12.5. The van der Waals surface area contributed by atoms with Gasteiger partial charge in [-0.1, -0.05) is 29.3 Å². The number of halogens is 2. The Labute approximate surface area is 210 Å². The molecule has 0 aliphatic rings. The zero-order valence-electron chi connectivity index (χ0n) is 18.5. The van der Waals surface area contributed by atoms with Crippen LogP contribution in [0.1, 0.15) is 15.9 Å². The highest BCUT2D eigenvalue weighted by Gasteiger charge is 2.16. The second-order valence-corrected chi connectivity index (χ2v) is 7.65. The lowest BCUT2D eigenvalue weighted by Gasteiger charge is -2.10. The minimum atomic E-state index is -0.971. The lowest BCUT2D eigenvalue weighted by Crippen LogP contribution is -2.32. The zero-order chi connectivity index (χ0) is 25.4. The molecule has 3 aromatic rings. The molecule has 0 spiro atoms. The number of nitrogens with one attached hydrogen (secondary N) is 2. The van der Waals surface area contributed by atoms with Crippen molar-refractivity contribution >= 4 is 52.9 Å². The Balaban J connectivity index is 1.62. The van der Waals surface area contributed by atoms with Crippen LogP contribution in [0.4, 0.5) is 5.69 Å². The summed E-state index contributed by atoms with van der Waals surface area (Å²) in [4.78, 5) is 36.5. The van der Waals surface area contributed by atoms with Crippen LogP contribution in [0.5, 0.6) is 17.2 Å². The maximum Gasteiger partial charge on any atom is 0.345 e. The van der Waals surface area contributed by atoms with E-state index < -0.39 is 17.8 Å². The fourth-order valence-electron chi connectivity index (χ4n) is 2.76. The van der Waals surface area contributed by atoms with Crippen molar-refractivity contribution < 1.29 is 28.6 Å². The fraction of sp³-hybridized carbons (Fsp3) is 0.0833. The van der Waals surface area contributed by atoms with Crippen LogP contribution >= 0.6 is 23.2 Å². The van der Waals surface area contributed by atoms with Gasteiger partial charge >= 0.3 is 17.8 Å². The van der Waals surface area contributed by atoms with Gasteiger partial charge < -0.3 is 19.5 Å². The van der Waals surface area contributed by atoms with Gasteiger partial charge in [0.1, 0.15) is 5.75 Å². The van der Waals surface area contributed by atoms with Gasteiger partial charge in [-0.3, -0.25) is 9.59 Å². The number of ether oxygens (including phenoxy) is 3. The molecular formula is C24H19Cl2N3O6. The second-order valence-electron chi connectivity index (χ2n) is 6.81. The Hall–Kier alpha value is -4.08. The summed E-state index contributed by atoms with van der Waals surface area (Å²) in [6, 6.07) is 15.5. The van der Waals surface area contributed by atoms with Crippen molar-refractivity contribution in [3.63, 3.8) is 0 Å². The first kappa shape index (κ1) is 25.5. The molecule has 35 heavy (non-hydrogen) atoms. The summed E-state index contributed by atoms with van der Waals surface area (Å²) in [5, 5.41) is 6.74. The van der Waals surface area contributed by atoms with E-state index in [9.17, 15) is 14.4 Å². The van der Waals surface area contributed by atoms with Gasteiger partial charge in [0.05, 0.1) is 31.0 Å². The third-order valence-electron chi connectivity index (χ3n) is 4.45. The van der Waals surface area contributed by atoms with Crippen LogP contribution in [0, 0.1) is 0 Å². The monoisotopic (exact) mass is 515 g/mol. The molecule has 0 bridgehead atoms. The Morgan fingerprint density at radius 2 is 1.69 bits per heavy atom. The van der Waals surface area contributed by atoms with Crippen molar-refractivity contribution in [3.8, 4) is 17.2 Å². The zero-order valence-corrected chi connectivity index (χ0v) is 20.0. The van der Waals surface area contributed by atoms with Gasteiger partial charge in [-0.2, -0.15) is 5.10 Å². The van der Waals surface area contributed by atoms with E-state index in [2.05, 4.69) is 15.8 Å². The van der Waals surface area contributed by atoms with Crippen LogP contribution in [0.15, 0.2) is 65.8 Å². The Kier molecular flexibility index (Phi) is 8.66. The lowest BCUT2D eigenvalue weighted by molar-refractivity contribution is -0.136. The number of benzene rings is 3. The third kappa shape index (κ3) is 6.95. The van der Waals surface area contributed by atoms with Crippen LogP contribution in [0.3, 0.4) is 0 Å². The SMILES string of the molecule is COc1cccc(NC(=O)C(=O)NN=Cc2ccc(OC(=O)c3ccc(Cl)cc3Cl)c(OC)c2)c1. The van der Waals surface area contributed by atoms with Crippen molar-refractivity contribution in [3.05, 3.63) is 81.8 Å².